The van der Waals surface area contributed by atoms with E-state index in [-0.39, 0.29) is 0 Å². The Kier molecular flexibility index (Phi) is 3.48. The summed E-state index contributed by atoms with van der Waals surface area (Å²) in [6, 6.07) is 7.35. The van der Waals surface area contributed by atoms with Gasteiger partial charge in [-0.05, 0) is 39.8 Å². The Morgan fingerprint density at radius 2 is 1.62 bits per heavy atom. The lowest BCUT2D eigenvalue weighted by atomic mass is 9.89. The smallest absolute Gasteiger partial charge is 0.131 e. The lowest BCUT2D eigenvalue weighted by molar-refractivity contribution is -0.0907. The van der Waals surface area contributed by atoms with Crippen molar-refractivity contribution < 1.29 is 14.6 Å². The van der Waals surface area contributed by atoms with Crippen LogP contribution in [0.4, 0.5) is 0 Å². The van der Waals surface area contributed by atoms with Gasteiger partial charge < -0.3 is 14.6 Å². The number of methoxy groups -OCH3 is 1. The molecule has 0 aromatic heterocycles. The molecule has 0 bridgehead atoms. The summed E-state index contributed by atoms with van der Waals surface area (Å²) in [5.41, 5.74) is -1.59. The molecule has 0 atom stereocenters. The van der Waals surface area contributed by atoms with Gasteiger partial charge in [0.15, 0.2) is 0 Å². The van der Waals surface area contributed by atoms with Crippen LogP contribution in [0.5, 0.6) is 11.5 Å². The minimum atomic E-state index is -0.921. The average molecular weight is 224 g/mol. The van der Waals surface area contributed by atoms with E-state index in [9.17, 15) is 5.11 Å². The van der Waals surface area contributed by atoms with E-state index in [2.05, 4.69) is 0 Å². The zero-order valence-corrected chi connectivity index (χ0v) is 10.6. The van der Waals surface area contributed by atoms with Gasteiger partial charge in [-0.3, -0.25) is 0 Å². The molecular formula is C13H20O3. The number of rotatable bonds is 4. The van der Waals surface area contributed by atoms with Gasteiger partial charge in [0.2, 0.25) is 0 Å². The topological polar surface area (TPSA) is 38.7 Å². The third-order valence-corrected chi connectivity index (χ3v) is 2.89. The lowest BCUT2D eigenvalue weighted by Crippen LogP contribution is -2.49. The molecule has 0 aliphatic rings. The van der Waals surface area contributed by atoms with E-state index < -0.39 is 11.2 Å². The summed E-state index contributed by atoms with van der Waals surface area (Å²) in [5.74, 6) is 1.43. The molecule has 1 aromatic carbocycles. The first-order valence-electron chi connectivity index (χ1n) is 5.32. The molecule has 0 amide bonds. The molecule has 1 aromatic rings. The van der Waals surface area contributed by atoms with E-state index in [1.165, 1.54) is 0 Å². The van der Waals surface area contributed by atoms with Gasteiger partial charge in [0.25, 0.3) is 0 Å². The van der Waals surface area contributed by atoms with Crippen molar-refractivity contribution in [1.29, 1.82) is 0 Å². The molecule has 0 fully saturated rings. The first kappa shape index (κ1) is 12.8. The first-order chi connectivity index (χ1) is 7.26. The Balaban J connectivity index is 2.88. The molecule has 0 aliphatic heterocycles. The number of hydrogen-bond acceptors (Lipinski definition) is 3. The molecule has 0 saturated carbocycles. The van der Waals surface area contributed by atoms with Crippen LogP contribution >= 0.6 is 0 Å². The molecule has 3 nitrogen and oxygen atoms in total. The normalized spacial score (nSPS) is 12.4. The number of benzene rings is 1. The standard InChI is InChI=1S/C13H20O3/c1-12(2,14)13(3,4)16-11-8-6-7-10(9-11)15-5/h6-9,14H,1-5H3. The van der Waals surface area contributed by atoms with Crippen LogP contribution < -0.4 is 9.47 Å². The Morgan fingerprint density at radius 3 is 2.12 bits per heavy atom. The summed E-state index contributed by atoms with van der Waals surface area (Å²) in [4.78, 5) is 0. The van der Waals surface area contributed by atoms with Gasteiger partial charge in [-0.25, -0.2) is 0 Å². The second-order valence-corrected chi connectivity index (χ2v) is 4.85. The van der Waals surface area contributed by atoms with E-state index in [0.717, 1.165) is 5.75 Å². The molecular weight excluding hydrogens is 204 g/mol. The van der Waals surface area contributed by atoms with Crippen LogP contribution in [0.2, 0.25) is 0 Å². The highest BCUT2D eigenvalue weighted by atomic mass is 16.5. The van der Waals surface area contributed by atoms with Crippen molar-refractivity contribution in [2.24, 2.45) is 0 Å². The largest absolute Gasteiger partial charge is 0.497 e. The van der Waals surface area contributed by atoms with Crippen LogP contribution in [0.3, 0.4) is 0 Å². The number of hydrogen-bond donors (Lipinski definition) is 1. The molecule has 0 spiro atoms. The van der Waals surface area contributed by atoms with E-state index in [1.807, 2.05) is 32.0 Å². The predicted octanol–water partition coefficient (Wildman–Crippen LogP) is 2.62. The maximum atomic E-state index is 9.98. The van der Waals surface area contributed by atoms with E-state index in [1.54, 1.807) is 27.0 Å². The molecule has 0 unspecified atom stereocenters. The van der Waals surface area contributed by atoms with Crippen molar-refractivity contribution >= 4 is 0 Å². The molecule has 0 radical (unpaired) electrons. The zero-order valence-electron chi connectivity index (χ0n) is 10.6. The summed E-state index contributed by atoms with van der Waals surface area (Å²) in [5, 5.41) is 9.98. The average Bonchev–Trinajstić information content (AvgIpc) is 2.15. The van der Waals surface area contributed by atoms with Crippen molar-refractivity contribution in [3.05, 3.63) is 24.3 Å². The summed E-state index contributed by atoms with van der Waals surface area (Å²) in [7, 11) is 1.61. The van der Waals surface area contributed by atoms with E-state index in [4.69, 9.17) is 9.47 Å². The highest BCUT2D eigenvalue weighted by Gasteiger charge is 2.37. The Morgan fingerprint density at radius 1 is 1.06 bits per heavy atom. The van der Waals surface area contributed by atoms with Crippen LogP contribution in [-0.2, 0) is 0 Å². The third-order valence-electron chi connectivity index (χ3n) is 2.89. The Bertz CT molecular complexity index is 350. The summed E-state index contributed by atoms with van der Waals surface area (Å²) < 4.78 is 10.9. The maximum Gasteiger partial charge on any atom is 0.131 e. The van der Waals surface area contributed by atoms with Crippen molar-refractivity contribution in [3.8, 4) is 11.5 Å². The summed E-state index contributed by atoms with van der Waals surface area (Å²) in [6.45, 7) is 7.17. The molecule has 3 heteroatoms. The summed E-state index contributed by atoms with van der Waals surface area (Å²) >= 11 is 0. The third kappa shape index (κ3) is 2.89. The van der Waals surface area contributed by atoms with Crippen LogP contribution in [0.25, 0.3) is 0 Å². The van der Waals surface area contributed by atoms with Crippen molar-refractivity contribution in [3.63, 3.8) is 0 Å². The molecule has 16 heavy (non-hydrogen) atoms. The van der Waals surface area contributed by atoms with Crippen molar-refractivity contribution in [1.82, 2.24) is 0 Å². The fraction of sp³-hybridized carbons (Fsp3) is 0.538. The monoisotopic (exact) mass is 224 g/mol. The second kappa shape index (κ2) is 4.34. The van der Waals surface area contributed by atoms with E-state index in [0.29, 0.717) is 5.75 Å². The molecule has 1 rings (SSSR count). The quantitative estimate of drug-likeness (QED) is 0.854. The van der Waals surface area contributed by atoms with Crippen LogP contribution in [-0.4, -0.2) is 23.4 Å². The number of aliphatic hydroxyl groups is 1. The van der Waals surface area contributed by atoms with Gasteiger partial charge in [-0.2, -0.15) is 0 Å². The minimum Gasteiger partial charge on any atom is -0.497 e. The molecule has 0 aliphatic carbocycles. The Hall–Kier alpha value is -1.22. The Labute approximate surface area is 97.0 Å². The molecule has 0 heterocycles. The van der Waals surface area contributed by atoms with Crippen molar-refractivity contribution in [2.45, 2.75) is 38.9 Å². The zero-order chi connectivity index (χ0) is 12.4. The van der Waals surface area contributed by atoms with Crippen LogP contribution in [0.1, 0.15) is 27.7 Å². The van der Waals surface area contributed by atoms with Gasteiger partial charge in [0, 0.05) is 6.07 Å². The second-order valence-electron chi connectivity index (χ2n) is 4.85. The lowest BCUT2D eigenvalue weighted by Gasteiger charge is -2.37. The fourth-order valence-corrected chi connectivity index (χ4v) is 1.08. The SMILES string of the molecule is COc1cccc(OC(C)(C)C(C)(C)O)c1. The summed E-state index contributed by atoms with van der Waals surface area (Å²) in [6.07, 6.45) is 0. The first-order valence-corrected chi connectivity index (χ1v) is 5.32. The highest BCUT2D eigenvalue weighted by molar-refractivity contribution is 5.33. The highest BCUT2D eigenvalue weighted by Crippen LogP contribution is 2.29. The van der Waals surface area contributed by atoms with Crippen LogP contribution in [0, 0.1) is 0 Å². The molecule has 0 saturated heterocycles. The predicted molar refractivity (Wildman–Crippen MR) is 64.0 cm³/mol. The molecule has 90 valence electrons. The van der Waals surface area contributed by atoms with E-state index >= 15 is 0 Å². The number of ether oxygens (including phenoxy) is 2. The maximum absolute atomic E-state index is 9.98. The van der Waals surface area contributed by atoms with Gasteiger partial charge in [-0.15, -0.1) is 0 Å². The van der Waals surface area contributed by atoms with Gasteiger partial charge in [-0.1, -0.05) is 6.07 Å². The van der Waals surface area contributed by atoms with Gasteiger partial charge >= 0.3 is 0 Å². The van der Waals surface area contributed by atoms with Gasteiger partial charge in [0.05, 0.1) is 12.7 Å². The van der Waals surface area contributed by atoms with Crippen molar-refractivity contribution in [2.75, 3.05) is 7.11 Å². The van der Waals surface area contributed by atoms with Gasteiger partial charge in [0.1, 0.15) is 17.1 Å². The minimum absolute atomic E-state index is 0.667. The van der Waals surface area contributed by atoms with Crippen LogP contribution in [0.15, 0.2) is 24.3 Å². The molecule has 1 N–H and O–H groups in total. The fourth-order valence-electron chi connectivity index (χ4n) is 1.08.